The van der Waals surface area contributed by atoms with Crippen LogP contribution in [0.1, 0.15) is 22.3 Å². The van der Waals surface area contributed by atoms with E-state index in [4.69, 9.17) is 4.74 Å². The standard InChI is InChI=1S/C24H23NO2/c1-18-7-6-8-20(15-18)17-25-24(26)23(21-9-4-3-5-10-21)16-19-11-13-22(27-2)14-12-19/h3-16H,17H2,1-2H3,(H,25,26)/b23-16+. The van der Waals surface area contributed by atoms with Crippen LogP contribution in [0.5, 0.6) is 5.75 Å². The summed E-state index contributed by atoms with van der Waals surface area (Å²) in [6.07, 6.45) is 1.90. The Balaban J connectivity index is 1.85. The summed E-state index contributed by atoms with van der Waals surface area (Å²) in [5, 5.41) is 3.04. The van der Waals surface area contributed by atoms with Crippen molar-refractivity contribution in [1.29, 1.82) is 0 Å². The Labute approximate surface area is 160 Å². The lowest BCUT2D eigenvalue weighted by Crippen LogP contribution is -2.23. The molecule has 0 atom stereocenters. The van der Waals surface area contributed by atoms with Crippen molar-refractivity contribution in [1.82, 2.24) is 5.32 Å². The first-order chi connectivity index (χ1) is 13.2. The van der Waals surface area contributed by atoms with E-state index in [1.165, 1.54) is 5.56 Å². The fourth-order valence-corrected chi connectivity index (χ4v) is 2.86. The smallest absolute Gasteiger partial charge is 0.252 e. The first-order valence-corrected chi connectivity index (χ1v) is 8.90. The number of hydrogen-bond donors (Lipinski definition) is 1. The van der Waals surface area contributed by atoms with Crippen molar-refractivity contribution in [3.63, 3.8) is 0 Å². The number of benzene rings is 3. The van der Waals surface area contributed by atoms with Gasteiger partial charge in [0.2, 0.25) is 0 Å². The number of nitrogens with one attached hydrogen (secondary N) is 1. The molecule has 1 amide bonds. The van der Waals surface area contributed by atoms with Crippen LogP contribution in [0.4, 0.5) is 0 Å². The van der Waals surface area contributed by atoms with Gasteiger partial charge in [0.1, 0.15) is 5.75 Å². The minimum absolute atomic E-state index is 0.0986. The second-order valence-corrected chi connectivity index (χ2v) is 6.37. The molecule has 0 saturated heterocycles. The summed E-state index contributed by atoms with van der Waals surface area (Å²) in [4.78, 5) is 12.9. The topological polar surface area (TPSA) is 38.3 Å². The van der Waals surface area contributed by atoms with E-state index in [-0.39, 0.29) is 5.91 Å². The Bertz CT molecular complexity index is 928. The molecule has 0 heterocycles. The average Bonchev–Trinajstić information content (AvgIpc) is 2.71. The molecular formula is C24H23NO2. The molecule has 0 aliphatic heterocycles. The van der Waals surface area contributed by atoms with Crippen molar-refractivity contribution in [2.45, 2.75) is 13.5 Å². The highest BCUT2D eigenvalue weighted by molar-refractivity contribution is 6.24. The summed E-state index contributed by atoms with van der Waals surface area (Å²) in [7, 11) is 1.64. The van der Waals surface area contributed by atoms with Crippen LogP contribution in [0, 0.1) is 6.92 Å². The SMILES string of the molecule is COc1ccc(/C=C(/C(=O)NCc2cccc(C)c2)c2ccccc2)cc1. The zero-order chi connectivity index (χ0) is 19.1. The minimum atomic E-state index is -0.0986. The van der Waals surface area contributed by atoms with Gasteiger partial charge < -0.3 is 10.1 Å². The number of carbonyl (C=O) groups excluding carboxylic acids is 1. The van der Waals surface area contributed by atoms with Crippen molar-refractivity contribution >= 4 is 17.6 Å². The van der Waals surface area contributed by atoms with Crippen molar-refractivity contribution < 1.29 is 9.53 Å². The van der Waals surface area contributed by atoms with Crippen LogP contribution in [-0.2, 0) is 11.3 Å². The van der Waals surface area contributed by atoms with E-state index in [1.807, 2.05) is 85.8 Å². The number of methoxy groups -OCH3 is 1. The molecule has 0 aromatic heterocycles. The Hall–Kier alpha value is -3.33. The lowest BCUT2D eigenvalue weighted by Gasteiger charge is -2.11. The van der Waals surface area contributed by atoms with Gasteiger partial charge in [-0.2, -0.15) is 0 Å². The van der Waals surface area contributed by atoms with E-state index in [0.717, 1.165) is 22.4 Å². The zero-order valence-corrected chi connectivity index (χ0v) is 15.6. The van der Waals surface area contributed by atoms with Gasteiger partial charge in [-0.15, -0.1) is 0 Å². The minimum Gasteiger partial charge on any atom is -0.497 e. The molecule has 0 radical (unpaired) electrons. The molecule has 3 aromatic carbocycles. The molecular weight excluding hydrogens is 334 g/mol. The molecule has 27 heavy (non-hydrogen) atoms. The van der Waals surface area contributed by atoms with Gasteiger partial charge in [0, 0.05) is 12.1 Å². The largest absolute Gasteiger partial charge is 0.497 e. The lowest BCUT2D eigenvalue weighted by atomic mass is 10.0. The van der Waals surface area contributed by atoms with Gasteiger partial charge in [-0.05, 0) is 41.8 Å². The summed E-state index contributed by atoms with van der Waals surface area (Å²) in [6.45, 7) is 2.54. The molecule has 0 spiro atoms. The molecule has 136 valence electrons. The number of hydrogen-bond acceptors (Lipinski definition) is 2. The second kappa shape index (κ2) is 8.86. The maximum atomic E-state index is 12.9. The Morgan fingerprint density at radius 3 is 2.37 bits per heavy atom. The molecule has 3 heteroatoms. The highest BCUT2D eigenvalue weighted by Crippen LogP contribution is 2.20. The van der Waals surface area contributed by atoms with Gasteiger partial charge in [0.15, 0.2) is 0 Å². The normalized spacial score (nSPS) is 11.1. The van der Waals surface area contributed by atoms with Gasteiger partial charge >= 0.3 is 0 Å². The Morgan fingerprint density at radius 1 is 0.963 bits per heavy atom. The van der Waals surface area contributed by atoms with Crippen LogP contribution in [0.3, 0.4) is 0 Å². The summed E-state index contributed by atoms with van der Waals surface area (Å²) in [5.74, 6) is 0.691. The molecule has 0 saturated carbocycles. The van der Waals surface area contributed by atoms with E-state index in [2.05, 4.69) is 11.4 Å². The van der Waals surface area contributed by atoms with Gasteiger partial charge in [-0.25, -0.2) is 0 Å². The Kier molecular flexibility index (Phi) is 6.06. The molecule has 0 bridgehead atoms. The number of ether oxygens (including phenoxy) is 1. The van der Waals surface area contributed by atoms with Gasteiger partial charge in [-0.1, -0.05) is 72.3 Å². The molecule has 1 N–H and O–H groups in total. The maximum Gasteiger partial charge on any atom is 0.252 e. The highest BCUT2D eigenvalue weighted by Gasteiger charge is 2.12. The Morgan fingerprint density at radius 2 is 1.70 bits per heavy atom. The number of amides is 1. The third-order valence-electron chi connectivity index (χ3n) is 4.29. The summed E-state index contributed by atoms with van der Waals surface area (Å²) in [6, 6.07) is 25.5. The molecule has 3 rings (SSSR count). The predicted molar refractivity (Wildman–Crippen MR) is 110 cm³/mol. The lowest BCUT2D eigenvalue weighted by molar-refractivity contribution is -0.115. The predicted octanol–water partition coefficient (Wildman–Crippen LogP) is 4.86. The number of rotatable bonds is 6. The van der Waals surface area contributed by atoms with E-state index < -0.39 is 0 Å². The fourth-order valence-electron chi connectivity index (χ4n) is 2.86. The van der Waals surface area contributed by atoms with Gasteiger partial charge in [0.05, 0.1) is 7.11 Å². The van der Waals surface area contributed by atoms with Gasteiger partial charge in [-0.3, -0.25) is 4.79 Å². The summed E-state index contributed by atoms with van der Waals surface area (Å²) >= 11 is 0. The van der Waals surface area contributed by atoms with E-state index >= 15 is 0 Å². The van der Waals surface area contributed by atoms with E-state index in [9.17, 15) is 4.79 Å². The monoisotopic (exact) mass is 357 g/mol. The maximum absolute atomic E-state index is 12.9. The quantitative estimate of drug-likeness (QED) is 0.505. The summed E-state index contributed by atoms with van der Waals surface area (Å²) in [5.41, 5.74) is 4.72. The first kappa shape index (κ1) is 18.5. The zero-order valence-electron chi connectivity index (χ0n) is 15.6. The molecule has 3 aromatic rings. The van der Waals surface area contributed by atoms with Crippen molar-refractivity contribution in [3.8, 4) is 5.75 Å². The number of aryl methyl sites for hydroxylation is 1. The van der Waals surface area contributed by atoms with Crippen LogP contribution >= 0.6 is 0 Å². The average molecular weight is 357 g/mol. The molecule has 0 aliphatic carbocycles. The molecule has 0 aliphatic rings. The molecule has 3 nitrogen and oxygen atoms in total. The summed E-state index contributed by atoms with van der Waals surface area (Å²) < 4.78 is 5.20. The second-order valence-electron chi connectivity index (χ2n) is 6.37. The van der Waals surface area contributed by atoms with Crippen molar-refractivity contribution in [2.24, 2.45) is 0 Å². The first-order valence-electron chi connectivity index (χ1n) is 8.90. The van der Waals surface area contributed by atoms with Crippen LogP contribution in [0.25, 0.3) is 11.6 Å². The number of carbonyl (C=O) groups is 1. The fraction of sp³-hybridized carbons (Fsp3) is 0.125. The highest BCUT2D eigenvalue weighted by atomic mass is 16.5. The van der Waals surface area contributed by atoms with Crippen LogP contribution < -0.4 is 10.1 Å². The third kappa shape index (κ3) is 5.08. The third-order valence-corrected chi connectivity index (χ3v) is 4.29. The molecule has 0 fully saturated rings. The van der Waals surface area contributed by atoms with Crippen molar-refractivity contribution in [2.75, 3.05) is 7.11 Å². The van der Waals surface area contributed by atoms with E-state index in [0.29, 0.717) is 12.1 Å². The van der Waals surface area contributed by atoms with Crippen molar-refractivity contribution in [3.05, 3.63) is 101 Å². The van der Waals surface area contributed by atoms with Crippen LogP contribution in [-0.4, -0.2) is 13.0 Å². The van der Waals surface area contributed by atoms with Gasteiger partial charge in [0.25, 0.3) is 5.91 Å². The van der Waals surface area contributed by atoms with Crippen LogP contribution in [0.15, 0.2) is 78.9 Å². The van der Waals surface area contributed by atoms with E-state index in [1.54, 1.807) is 7.11 Å². The van der Waals surface area contributed by atoms with Crippen LogP contribution in [0.2, 0.25) is 0 Å². The molecule has 0 unspecified atom stereocenters.